The van der Waals surface area contributed by atoms with Crippen LogP contribution in [0, 0.1) is 5.82 Å². The molecule has 1 saturated heterocycles. The Bertz CT molecular complexity index is 1200. The Morgan fingerprint density at radius 1 is 1.18 bits per heavy atom. The average Bonchev–Trinajstić information content (AvgIpc) is 3.17. The van der Waals surface area contributed by atoms with Gasteiger partial charge in [0.25, 0.3) is 0 Å². The molecule has 0 unspecified atom stereocenters. The van der Waals surface area contributed by atoms with Crippen molar-refractivity contribution in [3.05, 3.63) is 66.2 Å². The van der Waals surface area contributed by atoms with Crippen LogP contribution < -0.4 is 4.90 Å². The van der Waals surface area contributed by atoms with Gasteiger partial charge in [0.05, 0.1) is 23.9 Å². The fourth-order valence-corrected chi connectivity index (χ4v) is 4.13. The van der Waals surface area contributed by atoms with Crippen molar-refractivity contribution in [2.45, 2.75) is 44.8 Å². The maximum Gasteiger partial charge on any atom is 0.309 e. The molecule has 2 atom stereocenters. The van der Waals surface area contributed by atoms with Crippen LogP contribution in [0.1, 0.15) is 38.4 Å². The van der Waals surface area contributed by atoms with Crippen molar-refractivity contribution in [1.82, 2.24) is 9.55 Å². The standard InChI is InChI=1S/C27H30FN3O3/c1-17(2)27-29-25(19-6-5-7-21(14-19)30(3)4)26(18-8-10-20(28)11-9-18)31(27)13-12-23-15-22(32)16-24(33)34-23/h5-14,17,22-23,32H,15-16H2,1-4H3/t22-,23-/m1/s1. The molecule has 1 fully saturated rings. The molecular formula is C27H30FN3O3. The molecule has 6 nitrogen and oxygen atoms in total. The number of aromatic nitrogens is 2. The Kier molecular flexibility index (Phi) is 6.84. The summed E-state index contributed by atoms with van der Waals surface area (Å²) in [4.78, 5) is 18.8. The molecule has 4 rings (SSSR count). The number of benzene rings is 2. The lowest BCUT2D eigenvalue weighted by Crippen LogP contribution is -2.31. The van der Waals surface area contributed by atoms with Crippen molar-refractivity contribution in [3.8, 4) is 22.5 Å². The summed E-state index contributed by atoms with van der Waals surface area (Å²) in [5.74, 6) is 0.189. The number of aliphatic hydroxyl groups is 1. The van der Waals surface area contributed by atoms with E-state index in [0.717, 1.165) is 34.0 Å². The molecule has 0 saturated carbocycles. The number of ether oxygens (including phenoxy) is 1. The minimum atomic E-state index is -0.718. The summed E-state index contributed by atoms with van der Waals surface area (Å²) in [6.07, 6.45) is 2.73. The molecule has 0 radical (unpaired) electrons. The Labute approximate surface area is 199 Å². The molecule has 3 aromatic rings. The number of hydrogen-bond acceptors (Lipinski definition) is 5. The summed E-state index contributed by atoms with van der Waals surface area (Å²) < 4.78 is 21.1. The number of halogens is 1. The van der Waals surface area contributed by atoms with E-state index in [1.165, 1.54) is 12.1 Å². The quantitative estimate of drug-likeness (QED) is 0.516. The van der Waals surface area contributed by atoms with Gasteiger partial charge in [-0.25, -0.2) is 9.37 Å². The average molecular weight is 464 g/mol. The number of aliphatic hydroxyl groups excluding tert-OH is 1. The number of hydrogen-bond donors (Lipinski definition) is 1. The van der Waals surface area contributed by atoms with Crippen molar-refractivity contribution in [2.24, 2.45) is 0 Å². The van der Waals surface area contributed by atoms with Gasteiger partial charge in [-0.05, 0) is 42.5 Å². The lowest BCUT2D eigenvalue weighted by atomic mass is 10.0. The molecule has 0 amide bonds. The van der Waals surface area contributed by atoms with Gasteiger partial charge in [0.1, 0.15) is 17.7 Å². The molecule has 1 aliphatic heterocycles. The number of imidazole rings is 1. The summed E-state index contributed by atoms with van der Waals surface area (Å²) in [6.45, 7) is 4.12. The van der Waals surface area contributed by atoms with E-state index in [4.69, 9.17) is 9.72 Å². The Hall–Kier alpha value is -3.45. The predicted octanol–water partition coefficient (Wildman–Crippen LogP) is 5.08. The lowest BCUT2D eigenvalue weighted by Gasteiger charge is -2.23. The monoisotopic (exact) mass is 463 g/mol. The van der Waals surface area contributed by atoms with Crippen LogP contribution in [0.2, 0.25) is 0 Å². The van der Waals surface area contributed by atoms with Gasteiger partial charge in [0, 0.05) is 49.4 Å². The van der Waals surface area contributed by atoms with Gasteiger partial charge in [-0.2, -0.15) is 0 Å². The number of carbonyl (C=O) groups excluding carboxylic acids is 1. The van der Waals surface area contributed by atoms with E-state index < -0.39 is 18.2 Å². The van der Waals surface area contributed by atoms with Crippen LogP contribution in [0.25, 0.3) is 28.7 Å². The van der Waals surface area contributed by atoms with Crippen LogP contribution in [0.15, 0.2) is 54.6 Å². The van der Waals surface area contributed by atoms with Crippen LogP contribution in [0.3, 0.4) is 0 Å². The van der Waals surface area contributed by atoms with E-state index in [2.05, 4.69) is 19.9 Å². The zero-order chi connectivity index (χ0) is 24.4. The van der Waals surface area contributed by atoms with Gasteiger partial charge in [-0.1, -0.05) is 26.0 Å². The number of esters is 1. The Morgan fingerprint density at radius 2 is 1.91 bits per heavy atom. The zero-order valence-electron chi connectivity index (χ0n) is 19.9. The van der Waals surface area contributed by atoms with Crippen molar-refractivity contribution < 1.29 is 19.0 Å². The molecule has 0 bridgehead atoms. The van der Waals surface area contributed by atoms with Crippen LogP contribution in [0.5, 0.6) is 0 Å². The Balaban J connectivity index is 1.88. The maximum absolute atomic E-state index is 13.8. The largest absolute Gasteiger partial charge is 0.458 e. The van der Waals surface area contributed by atoms with Gasteiger partial charge in [-0.15, -0.1) is 0 Å². The lowest BCUT2D eigenvalue weighted by molar-refractivity contribution is -0.156. The van der Waals surface area contributed by atoms with Crippen molar-refractivity contribution in [3.63, 3.8) is 0 Å². The highest BCUT2D eigenvalue weighted by molar-refractivity contribution is 5.82. The van der Waals surface area contributed by atoms with E-state index in [1.807, 2.05) is 48.0 Å². The van der Waals surface area contributed by atoms with E-state index in [1.54, 1.807) is 18.2 Å². The van der Waals surface area contributed by atoms with Crippen LogP contribution in [-0.2, 0) is 9.53 Å². The summed E-state index contributed by atoms with van der Waals surface area (Å²) in [5.41, 5.74) is 4.40. The Morgan fingerprint density at radius 3 is 2.56 bits per heavy atom. The van der Waals surface area contributed by atoms with Crippen LogP contribution in [0.4, 0.5) is 10.1 Å². The molecule has 178 valence electrons. The van der Waals surface area contributed by atoms with Gasteiger partial charge in [0.15, 0.2) is 0 Å². The molecule has 2 aromatic carbocycles. The number of cyclic esters (lactones) is 1. The van der Waals surface area contributed by atoms with Crippen molar-refractivity contribution >= 4 is 17.9 Å². The van der Waals surface area contributed by atoms with E-state index in [-0.39, 0.29) is 18.2 Å². The second-order valence-electron chi connectivity index (χ2n) is 9.11. The third-order valence-electron chi connectivity index (χ3n) is 5.85. The molecule has 1 aliphatic rings. The predicted molar refractivity (Wildman–Crippen MR) is 132 cm³/mol. The molecule has 0 spiro atoms. The van der Waals surface area contributed by atoms with E-state index in [9.17, 15) is 14.3 Å². The van der Waals surface area contributed by atoms with Crippen molar-refractivity contribution in [1.29, 1.82) is 0 Å². The van der Waals surface area contributed by atoms with Crippen molar-refractivity contribution in [2.75, 3.05) is 19.0 Å². The molecule has 34 heavy (non-hydrogen) atoms. The third-order valence-corrected chi connectivity index (χ3v) is 5.85. The van der Waals surface area contributed by atoms with Gasteiger partial charge >= 0.3 is 5.97 Å². The number of anilines is 1. The summed E-state index contributed by atoms with van der Waals surface area (Å²) in [7, 11) is 3.97. The molecular weight excluding hydrogens is 433 g/mol. The zero-order valence-corrected chi connectivity index (χ0v) is 19.9. The fraction of sp³-hybridized carbons (Fsp3) is 0.333. The smallest absolute Gasteiger partial charge is 0.309 e. The molecule has 1 N–H and O–H groups in total. The second kappa shape index (κ2) is 9.81. The van der Waals surface area contributed by atoms with Gasteiger partial charge < -0.3 is 19.3 Å². The number of rotatable bonds is 6. The second-order valence-corrected chi connectivity index (χ2v) is 9.11. The number of nitrogens with zero attached hydrogens (tertiary/aromatic N) is 3. The normalized spacial score (nSPS) is 18.5. The van der Waals surface area contributed by atoms with Crippen LogP contribution in [-0.4, -0.2) is 46.9 Å². The molecule has 7 heteroatoms. The maximum atomic E-state index is 13.8. The highest BCUT2D eigenvalue weighted by atomic mass is 19.1. The number of carbonyl (C=O) groups is 1. The first-order chi connectivity index (χ1) is 16.2. The SMILES string of the molecule is CC(C)c1nc(-c2cccc(N(C)C)c2)c(-c2ccc(F)cc2)n1C=C[C@@H]1C[C@@H](O)CC(=O)O1. The third kappa shape index (κ3) is 5.04. The molecule has 2 heterocycles. The highest BCUT2D eigenvalue weighted by Gasteiger charge is 2.26. The minimum absolute atomic E-state index is 0.0137. The minimum Gasteiger partial charge on any atom is -0.458 e. The van der Waals surface area contributed by atoms with E-state index >= 15 is 0 Å². The summed E-state index contributed by atoms with van der Waals surface area (Å²) in [6, 6.07) is 14.5. The van der Waals surface area contributed by atoms with Gasteiger partial charge in [-0.3, -0.25) is 4.79 Å². The fourth-order valence-electron chi connectivity index (χ4n) is 4.13. The first-order valence-corrected chi connectivity index (χ1v) is 11.4. The first kappa shape index (κ1) is 23.7. The summed E-state index contributed by atoms with van der Waals surface area (Å²) >= 11 is 0. The summed E-state index contributed by atoms with van der Waals surface area (Å²) in [5, 5.41) is 9.98. The first-order valence-electron chi connectivity index (χ1n) is 11.4. The van der Waals surface area contributed by atoms with Crippen LogP contribution >= 0.6 is 0 Å². The topological polar surface area (TPSA) is 67.6 Å². The van der Waals surface area contributed by atoms with E-state index in [0.29, 0.717) is 6.42 Å². The van der Waals surface area contributed by atoms with Gasteiger partial charge in [0.2, 0.25) is 0 Å². The molecule has 1 aromatic heterocycles. The molecule has 0 aliphatic carbocycles. The highest BCUT2D eigenvalue weighted by Crippen LogP contribution is 2.36.